The van der Waals surface area contributed by atoms with Crippen LogP contribution in [0.15, 0.2) is 24.5 Å². The van der Waals surface area contributed by atoms with Crippen molar-refractivity contribution in [2.75, 3.05) is 11.5 Å². The minimum Gasteiger partial charge on any atom is -0.271 e. The van der Waals surface area contributed by atoms with Crippen molar-refractivity contribution in [2.24, 2.45) is 11.8 Å². The first-order valence-corrected chi connectivity index (χ1v) is 7.46. The molecular formula is C13H21N3S. The largest absolute Gasteiger partial charge is 0.271 e. The highest BCUT2D eigenvalue weighted by atomic mass is 32.2. The van der Waals surface area contributed by atoms with E-state index in [2.05, 4.69) is 28.2 Å². The fourth-order valence-electron chi connectivity index (χ4n) is 2.40. The Morgan fingerprint density at radius 1 is 1.47 bits per heavy atom. The van der Waals surface area contributed by atoms with Crippen molar-refractivity contribution in [1.29, 1.82) is 0 Å². The van der Waals surface area contributed by atoms with Crippen molar-refractivity contribution >= 4 is 11.8 Å². The summed E-state index contributed by atoms with van der Waals surface area (Å²) in [5, 5.41) is 0. The topological polar surface area (TPSA) is 50.9 Å². The molecule has 0 bridgehead atoms. The second-order valence-electron chi connectivity index (χ2n) is 4.72. The number of nitrogens with one attached hydrogen (secondary N) is 1. The van der Waals surface area contributed by atoms with Gasteiger partial charge >= 0.3 is 0 Å². The second-order valence-corrected chi connectivity index (χ2v) is 5.95. The average molecular weight is 251 g/mol. The van der Waals surface area contributed by atoms with Crippen molar-refractivity contribution in [1.82, 2.24) is 10.4 Å². The highest BCUT2D eigenvalue weighted by Crippen LogP contribution is 2.26. The van der Waals surface area contributed by atoms with E-state index in [1.807, 2.05) is 18.5 Å². The number of hydrogen-bond donors (Lipinski definition) is 2. The number of hydrogen-bond acceptors (Lipinski definition) is 4. The van der Waals surface area contributed by atoms with E-state index in [0.29, 0.717) is 6.04 Å². The fourth-order valence-corrected chi connectivity index (χ4v) is 3.60. The number of nitrogens with two attached hydrogens (primary N) is 1. The third-order valence-electron chi connectivity index (χ3n) is 3.40. The summed E-state index contributed by atoms with van der Waals surface area (Å²) in [6.45, 7) is 0. The molecule has 1 aliphatic heterocycles. The number of thioether (sulfide) groups is 1. The van der Waals surface area contributed by atoms with Crippen LogP contribution >= 0.6 is 11.8 Å². The Hall–Kier alpha value is -0.580. The SMILES string of the molecule is NNC(Cc1cccnc1)CC1CCSCC1. The van der Waals surface area contributed by atoms with E-state index in [1.165, 1.54) is 36.3 Å². The molecule has 1 saturated heterocycles. The predicted octanol–water partition coefficient (Wildman–Crippen LogP) is 1.99. The molecule has 3 N–H and O–H groups in total. The maximum Gasteiger partial charge on any atom is 0.0300 e. The first-order chi connectivity index (χ1) is 8.38. The molecule has 1 atom stereocenters. The Bertz CT molecular complexity index is 312. The van der Waals surface area contributed by atoms with Crippen LogP contribution in [0.3, 0.4) is 0 Å². The minimum atomic E-state index is 0.382. The summed E-state index contributed by atoms with van der Waals surface area (Å²) in [4.78, 5) is 4.15. The highest BCUT2D eigenvalue weighted by molar-refractivity contribution is 7.99. The van der Waals surface area contributed by atoms with Gasteiger partial charge in [0.25, 0.3) is 0 Å². The standard InChI is InChI=1S/C13H21N3S/c14-16-13(8-11-3-6-17-7-4-11)9-12-2-1-5-15-10-12/h1-2,5,10-11,13,16H,3-4,6-9,14H2. The Labute approximate surface area is 108 Å². The van der Waals surface area contributed by atoms with Gasteiger partial charge in [0.2, 0.25) is 0 Å². The molecule has 1 fully saturated rings. The minimum absolute atomic E-state index is 0.382. The molecule has 2 rings (SSSR count). The van der Waals surface area contributed by atoms with Crippen LogP contribution in [0.1, 0.15) is 24.8 Å². The number of hydrazine groups is 1. The first-order valence-electron chi connectivity index (χ1n) is 6.31. The lowest BCUT2D eigenvalue weighted by Crippen LogP contribution is -2.38. The summed E-state index contributed by atoms with van der Waals surface area (Å²) >= 11 is 2.08. The summed E-state index contributed by atoms with van der Waals surface area (Å²) in [6, 6.07) is 4.49. The van der Waals surface area contributed by atoms with Gasteiger partial charge in [0.1, 0.15) is 0 Å². The van der Waals surface area contributed by atoms with E-state index in [0.717, 1.165) is 12.3 Å². The average Bonchev–Trinajstić information content (AvgIpc) is 2.40. The van der Waals surface area contributed by atoms with Gasteiger partial charge in [-0.2, -0.15) is 11.8 Å². The molecule has 0 spiro atoms. The Morgan fingerprint density at radius 3 is 2.94 bits per heavy atom. The van der Waals surface area contributed by atoms with Crippen molar-refractivity contribution in [3.8, 4) is 0 Å². The van der Waals surface area contributed by atoms with Gasteiger partial charge in [-0.3, -0.25) is 16.3 Å². The molecule has 0 aliphatic carbocycles. The van der Waals surface area contributed by atoms with Crippen LogP contribution in [-0.4, -0.2) is 22.5 Å². The number of rotatable bonds is 5. The van der Waals surface area contributed by atoms with Crippen LogP contribution in [0.2, 0.25) is 0 Å². The monoisotopic (exact) mass is 251 g/mol. The second kappa shape index (κ2) is 6.99. The molecule has 1 aliphatic rings. The molecule has 0 aromatic carbocycles. The van der Waals surface area contributed by atoms with Gasteiger partial charge in [0, 0.05) is 18.4 Å². The van der Waals surface area contributed by atoms with Gasteiger partial charge in [0.15, 0.2) is 0 Å². The molecule has 17 heavy (non-hydrogen) atoms. The molecule has 94 valence electrons. The van der Waals surface area contributed by atoms with Crippen molar-refractivity contribution in [3.05, 3.63) is 30.1 Å². The summed E-state index contributed by atoms with van der Waals surface area (Å²) in [5.41, 5.74) is 4.23. The smallest absolute Gasteiger partial charge is 0.0300 e. The third kappa shape index (κ3) is 4.30. The van der Waals surface area contributed by atoms with E-state index in [9.17, 15) is 0 Å². The number of pyridine rings is 1. The van der Waals surface area contributed by atoms with Crippen LogP contribution in [0, 0.1) is 5.92 Å². The maximum atomic E-state index is 5.66. The lowest BCUT2D eigenvalue weighted by Gasteiger charge is -2.26. The summed E-state index contributed by atoms with van der Waals surface area (Å²) in [6.07, 6.45) is 8.60. The van der Waals surface area contributed by atoms with Crippen molar-refractivity contribution < 1.29 is 0 Å². The summed E-state index contributed by atoms with van der Waals surface area (Å²) in [5.74, 6) is 9.13. The molecule has 4 heteroatoms. The molecule has 2 heterocycles. The van der Waals surface area contributed by atoms with Gasteiger partial charge in [-0.1, -0.05) is 6.07 Å². The maximum absolute atomic E-state index is 5.66. The van der Waals surface area contributed by atoms with E-state index >= 15 is 0 Å². The first kappa shape index (κ1) is 12.9. The molecule has 0 amide bonds. The van der Waals surface area contributed by atoms with Gasteiger partial charge in [-0.15, -0.1) is 0 Å². The van der Waals surface area contributed by atoms with E-state index in [4.69, 9.17) is 5.84 Å². The Balaban J connectivity index is 1.83. The highest BCUT2D eigenvalue weighted by Gasteiger charge is 2.18. The van der Waals surface area contributed by atoms with E-state index < -0.39 is 0 Å². The molecule has 1 aromatic heterocycles. The van der Waals surface area contributed by atoms with Crippen molar-refractivity contribution in [2.45, 2.75) is 31.7 Å². The van der Waals surface area contributed by atoms with E-state index in [1.54, 1.807) is 0 Å². The zero-order chi connectivity index (χ0) is 11.9. The zero-order valence-corrected chi connectivity index (χ0v) is 11.0. The summed E-state index contributed by atoms with van der Waals surface area (Å²) < 4.78 is 0. The summed E-state index contributed by atoms with van der Waals surface area (Å²) in [7, 11) is 0. The van der Waals surface area contributed by atoms with Gasteiger partial charge in [-0.05, 0) is 54.7 Å². The fraction of sp³-hybridized carbons (Fsp3) is 0.615. The van der Waals surface area contributed by atoms with E-state index in [-0.39, 0.29) is 0 Å². The molecule has 1 aromatic rings. The Morgan fingerprint density at radius 2 is 2.29 bits per heavy atom. The number of aromatic nitrogens is 1. The van der Waals surface area contributed by atoms with Crippen LogP contribution in [0.5, 0.6) is 0 Å². The third-order valence-corrected chi connectivity index (χ3v) is 4.45. The molecule has 1 unspecified atom stereocenters. The van der Waals surface area contributed by atoms with Gasteiger partial charge in [-0.25, -0.2) is 0 Å². The van der Waals surface area contributed by atoms with Crippen LogP contribution in [0.25, 0.3) is 0 Å². The normalized spacial score (nSPS) is 19.1. The quantitative estimate of drug-likeness (QED) is 0.621. The van der Waals surface area contributed by atoms with Crippen LogP contribution in [0.4, 0.5) is 0 Å². The molecular weight excluding hydrogens is 230 g/mol. The molecule has 0 radical (unpaired) electrons. The van der Waals surface area contributed by atoms with Crippen LogP contribution < -0.4 is 11.3 Å². The lowest BCUT2D eigenvalue weighted by molar-refractivity contribution is 0.365. The lowest BCUT2D eigenvalue weighted by atomic mass is 9.92. The molecule has 3 nitrogen and oxygen atoms in total. The van der Waals surface area contributed by atoms with Crippen LogP contribution in [-0.2, 0) is 6.42 Å². The van der Waals surface area contributed by atoms with Gasteiger partial charge < -0.3 is 0 Å². The van der Waals surface area contributed by atoms with Gasteiger partial charge in [0.05, 0.1) is 0 Å². The molecule has 0 saturated carbocycles. The van der Waals surface area contributed by atoms with Crippen molar-refractivity contribution in [3.63, 3.8) is 0 Å². The zero-order valence-electron chi connectivity index (χ0n) is 10.1. The Kier molecular flexibility index (Phi) is 5.29. The number of nitrogens with zero attached hydrogens (tertiary/aromatic N) is 1. The predicted molar refractivity (Wildman–Crippen MR) is 73.7 cm³/mol.